The van der Waals surface area contributed by atoms with Gasteiger partial charge in [-0.1, -0.05) is 88.4 Å². The molecular weight excluding hydrogens is 1770 g/mol. The largest absolute Gasteiger partial charge is 0.870 e. The van der Waals surface area contributed by atoms with Crippen molar-refractivity contribution in [2.45, 2.75) is 40.9 Å². The first-order valence-corrected chi connectivity index (χ1v) is 56.9. The molecule has 2 aromatic carbocycles. The van der Waals surface area contributed by atoms with Crippen molar-refractivity contribution < 1.29 is 40.1 Å². The van der Waals surface area contributed by atoms with E-state index in [1.807, 2.05) is 64.1 Å². The van der Waals surface area contributed by atoms with Crippen LogP contribution in [0.15, 0.2) is 96.8 Å². The van der Waals surface area contributed by atoms with Gasteiger partial charge in [0.05, 0.1) is 26.4 Å². The maximum Gasteiger partial charge on any atom is -0.870 e. The molecule has 52 heteroatoms. The van der Waals surface area contributed by atoms with E-state index in [1.54, 1.807) is 0 Å². The quantitative estimate of drug-likeness (QED) is 0.0342. The number of hydrogen-bond acceptors (Lipinski definition) is 11. The number of likely N-dealkylation sites (N-methyl/N-ethyl adjacent to an activating group) is 2. The van der Waals surface area contributed by atoms with E-state index in [0.29, 0.717) is 39.5 Å². The van der Waals surface area contributed by atoms with Crippen LogP contribution in [0, 0.1) is 0 Å². The zero-order valence-corrected chi connectivity index (χ0v) is 93.6. The fourth-order valence-corrected chi connectivity index (χ4v) is 62.5. The number of nitrogens with zero attached hydrogens (tertiary/aromatic N) is 32. The van der Waals surface area contributed by atoms with Gasteiger partial charge >= 0.3 is 48.7 Å². The Labute approximate surface area is 731 Å². The minimum atomic E-state index is -10.7. The van der Waals surface area contributed by atoms with E-state index < -0.39 is 83.6 Å². The van der Waals surface area contributed by atoms with E-state index in [0.717, 1.165) is 11.1 Å². The summed E-state index contributed by atoms with van der Waals surface area (Å²) < 4.78 is 176. The molecule has 0 atom stereocenters. The van der Waals surface area contributed by atoms with Crippen LogP contribution in [-0.2, 0) is 22.7 Å². The molecule has 0 spiro atoms. The second kappa shape index (κ2) is 51.8. The Balaban J connectivity index is -0.000000990. The van der Waals surface area contributed by atoms with Crippen molar-refractivity contribution in [1.29, 1.82) is 0 Å². The van der Waals surface area contributed by atoms with Crippen molar-refractivity contribution in [3.63, 3.8) is 0 Å². The number of benzene rings is 2. The van der Waals surface area contributed by atoms with Gasteiger partial charge in [0.2, 0.25) is 60.1 Å². The minimum Gasteiger partial charge on any atom is -0.870 e. The zero-order chi connectivity index (χ0) is 94.8. The third-order valence-electron chi connectivity index (χ3n) is 18.0. The Morgan fingerprint density at radius 3 is 0.467 bits per heavy atom. The van der Waals surface area contributed by atoms with Crippen LogP contribution < -0.4 is 0 Å². The first kappa shape index (κ1) is 126. The Hall–Kier alpha value is 0.0700. The van der Waals surface area contributed by atoms with E-state index in [4.69, 9.17) is 45.6 Å². The monoisotopic (exact) mass is 1940 g/mol. The summed E-state index contributed by atoms with van der Waals surface area (Å²) in [5, 5.41) is 0. The molecule has 0 amide bonds. The van der Waals surface area contributed by atoms with Gasteiger partial charge in [0.15, 0.2) is 0 Å². The fourth-order valence-electron chi connectivity index (χ4n) is 14.0. The summed E-state index contributed by atoms with van der Waals surface area (Å²) in [7, 11) is 57.9. The zero-order valence-electron chi connectivity index (χ0n) is 83.8. The minimum absolute atomic E-state index is 0. The molecule has 1 N–H and O–H groups in total. The van der Waals surface area contributed by atoms with Crippen molar-refractivity contribution in [2.75, 3.05) is 350 Å². The number of rotatable bonds is 42. The summed E-state index contributed by atoms with van der Waals surface area (Å²) in [6.07, 6.45) is 0. The molecule has 35 nitrogen and oxygen atoms in total. The molecule has 0 saturated heterocycles. The maximum absolute atomic E-state index is 10.7. The molecule has 0 aliphatic carbocycles. The molecule has 2 aromatic rings. The van der Waals surface area contributed by atoms with Gasteiger partial charge in [0, 0.05) is 13.1 Å². The van der Waals surface area contributed by atoms with Crippen molar-refractivity contribution in [1.82, 2.24) is 112 Å². The van der Waals surface area contributed by atoms with Crippen LogP contribution in [0.4, 0.5) is 25.2 Å². The van der Waals surface area contributed by atoms with Gasteiger partial charge in [-0.3, -0.25) is 0 Å². The van der Waals surface area contributed by atoms with E-state index in [9.17, 15) is 25.2 Å². The first-order valence-electron chi connectivity index (χ1n) is 38.9. The van der Waals surface area contributed by atoms with Gasteiger partial charge in [0.1, 0.15) is 0 Å². The van der Waals surface area contributed by atoms with Gasteiger partial charge in [-0.15, -0.1) is 0 Å². The molecule has 0 saturated carbocycles. The average molecular weight is 1940 g/mol. The van der Waals surface area contributed by atoms with Crippen molar-refractivity contribution >= 4 is 83.6 Å². The average Bonchev–Trinajstić information content (AvgIpc) is 0.724. The molecule has 720 valence electrons. The Morgan fingerprint density at radius 2 is 0.350 bits per heavy atom. The molecule has 120 heavy (non-hydrogen) atoms. The molecule has 0 unspecified atom stereocenters. The first-order chi connectivity index (χ1) is 53.9. The normalized spacial score (nSPS) is 14.3. The van der Waals surface area contributed by atoms with Crippen LogP contribution in [0.25, 0.3) is 0 Å². The summed E-state index contributed by atoms with van der Waals surface area (Å²) in [6.45, 7) is 11.4. The molecule has 0 bridgehead atoms. The number of hydrogen-bond donors (Lipinski definition) is 0. The number of halogens is 6. The fraction of sp³-hybridized carbons (Fsp3) is 0.824. The predicted molar refractivity (Wildman–Crippen MR) is 525 cm³/mol. The number of ether oxygens (including phenoxy) is 2. The van der Waals surface area contributed by atoms with Crippen molar-refractivity contribution in [3.05, 3.63) is 71.8 Å². The summed E-state index contributed by atoms with van der Waals surface area (Å²) in [4.78, 5) is 0. The van der Waals surface area contributed by atoms with E-state index in [-0.39, 0.29) is 5.48 Å². The van der Waals surface area contributed by atoms with E-state index in [1.165, 1.54) is 0 Å². The van der Waals surface area contributed by atoms with Gasteiger partial charge in [0.25, 0.3) is 0 Å². The smallest absolute Gasteiger partial charge is 0.870 e. The van der Waals surface area contributed by atoms with Crippen LogP contribution in [0.1, 0.15) is 38.8 Å². The third-order valence-corrected chi connectivity index (χ3v) is 59.2. The summed E-state index contributed by atoms with van der Waals surface area (Å²) in [5.41, 5.74) is 2.30. The Kier molecular flexibility index (Phi) is 54.5. The van der Waals surface area contributed by atoms with Gasteiger partial charge in [-0.2, -0.15) is 0 Å². The summed E-state index contributed by atoms with van der Waals surface area (Å²) >= 11 is 0. The molecule has 2 rings (SSSR count). The molecule has 0 fully saturated rings. The van der Waals surface area contributed by atoms with Gasteiger partial charge < -0.3 is 14.9 Å². The van der Waals surface area contributed by atoms with Gasteiger partial charge in [-0.25, -0.2) is 112 Å². The molecule has 0 aromatic heterocycles. The molecule has 0 aliphatic heterocycles. The van der Waals surface area contributed by atoms with Crippen molar-refractivity contribution in [2.24, 2.45) is 36.1 Å². The topological polar surface area (TPSA) is 225 Å². The van der Waals surface area contributed by atoms with Gasteiger partial charge in [-0.05, 0) is 371 Å². The van der Waals surface area contributed by atoms with Crippen LogP contribution >= 0.6 is 83.6 Å². The standard InChI is InChI=1S/2C32H80N16OP5.2C2H6.F6P.H2O/c2*1-37(2)51(38(3)4,39(5)6)33-50(34-52(40(7)8,41(9)10)42(11)12,35-53(43(13)14,44(15)16)45(17)18)36-54(46(19)20,47(21)22)48(23)29-30-49-31-32-27-25-24-26-28-32;2*1-2;1-7(2,3,4,5)6;/h2*24-28H,29-31H2,1-23H3;2*1-2H3;;1H2/q2*+1;;;-1;/p-1. The Morgan fingerprint density at radius 1 is 0.233 bits per heavy atom. The third kappa shape index (κ3) is 32.8. The van der Waals surface area contributed by atoms with E-state index >= 15 is 0 Å². The predicted octanol–water partition coefficient (Wildman–Crippen LogP) is 18.8. The second-order valence-electron chi connectivity index (χ2n) is 31.5. The Bertz CT molecular complexity index is 3140. The summed E-state index contributed by atoms with van der Waals surface area (Å²) in [6, 6.07) is 20.6. The summed E-state index contributed by atoms with van der Waals surface area (Å²) in [5.74, 6) is 0. The second-order valence-corrected chi connectivity index (χ2v) is 68.9. The molecule has 0 radical (unpaired) electrons. The van der Waals surface area contributed by atoms with Crippen LogP contribution in [0.5, 0.6) is 0 Å². The maximum atomic E-state index is 9.87. The molecule has 0 aliphatic rings. The van der Waals surface area contributed by atoms with Crippen LogP contribution in [0.2, 0.25) is 0 Å². The molecular formula is C68H173F6N32O3P11. The van der Waals surface area contributed by atoms with Crippen LogP contribution in [-0.4, -0.2) is 468 Å². The van der Waals surface area contributed by atoms with Crippen molar-refractivity contribution in [3.8, 4) is 0 Å². The van der Waals surface area contributed by atoms with Crippen LogP contribution in [0.3, 0.4) is 0 Å². The molecule has 0 heterocycles. The SMILES string of the molecule is CC.CC.CN(C)P(=N[P+](N=P(N(C)C)(N(C)C)N(C)C)(N=P(N(C)C)(N(C)C)N(C)C)N=P(N(C)C)(N(C)C)N(C)CCOCc1ccccc1)(N(C)C)N(C)C.CN(C)P(=N[P+](N=P(N(C)C)(N(C)C)N(C)C)(N=P(N(C)C)(N(C)C)N(C)C)N=P(N(C)C)(N(C)C)N(C)CCOCc1ccccc1)(N(C)C)N(C)C.F[P-](F)(F)(F)(F)F.[OH-]. The van der Waals surface area contributed by atoms with E-state index in [2.05, 4.69) is 461 Å².